The molecule has 1 heterocycles. The molecule has 1 amide bonds. The zero-order valence-electron chi connectivity index (χ0n) is 14.5. The first kappa shape index (κ1) is 18.7. The molecular formula is C22H14Cl2N2OS. The number of anilines is 1. The molecule has 0 aliphatic carbocycles. The normalized spacial score (nSPS) is 10.6. The zero-order chi connectivity index (χ0) is 19.5. The molecule has 0 unspecified atom stereocenters. The second kappa shape index (κ2) is 8.15. The van der Waals surface area contributed by atoms with E-state index in [-0.39, 0.29) is 5.91 Å². The number of hydrogen-bond donors (Lipinski definition) is 1. The Kier molecular flexibility index (Phi) is 5.44. The molecule has 28 heavy (non-hydrogen) atoms. The van der Waals surface area contributed by atoms with E-state index in [0.717, 1.165) is 22.4 Å². The summed E-state index contributed by atoms with van der Waals surface area (Å²) in [6.45, 7) is 0. The number of aromatic nitrogens is 1. The molecule has 4 rings (SSSR count). The smallest absolute Gasteiger partial charge is 0.257 e. The van der Waals surface area contributed by atoms with Gasteiger partial charge in [-0.25, -0.2) is 4.98 Å². The van der Waals surface area contributed by atoms with Gasteiger partial charge in [0.2, 0.25) is 0 Å². The molecule has 0 saturated carbocycles. The summed E-state index contributed by atoms with van der Waals surface area (Å²) in [6, 6.07) is 22.9. The highest BCUT2D eigenvalue weighted by Gasteiger charge is 2.11. The number of carbonyl (C=O) groups is 1. The van der Waals surface area contributed by atoms with Gasteiger partial charge >= 0.3 is 0 Å². The molecule has 0 aliphatic heterocycles. The molecule has 0 atom stereocenters. The van der Waals surface area contributed by atoms with Crippen molar-refractivity contribution in [1.82, 2.24) is 4.98 Å². The molecule has 3 nitrogen and oxygen atoms in total. The topological polar surface area (TPSA) is 42.0 Å². The van der Waals surface area contributed by atoms with E-state index in [2.05, 4.69) is 10.3 Å². The molecule has 0 spiro atoms. The van der Waals surface area contributed by atoms with Gasteiger partial charge in [-0.15, -0.1) is 11.3 Å². The van der Waals surface area contributed by atoms with Crippen LogP contribution in [0.1, 0.15) is 10.4 Å². The molecule has 6 heteroatoms. The van der Waals surface area contributed by atoms with E-state index in [9.17, 15) is 4.79 Å². The molecule has 0 radical (unpaired) electrons. The quantitative estimate of drug-likeness (QED) is 0.381. The molecule has 1 N–H and O–H groups in total. The van der Waals surface area contributed by atoms with E-state index in [0.29, 0.717) is 20.7 Å². The third kappa shape index (κ3) is 4.09. The largest absolute Gasteiger partial charge is 0.298 e. The fourth-order valence-corrected chi connectivity index (χ4v) is 3.75. The van der Waals surface area contributed by atoms with Gasteiger partial charge in [-0.1, -0.05) is 71.7 Å². The number of carbonyl (C=O) groups excluding carboxylic acids is 1. The van der Waals surface area contributed by atoms with E-state index >= 15 is 0 Å². The molecule has 3 aromatic carbocycles. The number of nitrogens with one attached hydrogen (secondary N) is 1. The molecule has 0 aliphatic rings. The van der Waals surface area contributed by atoms with Crippen molar-refractivity contribution in [3.8, 4) is 22.4 Å². The van der Waals surface area contributed by atoms with Gasteiger partial charge in [-0.05, 0) is 35.4 Å². The number of thiazole rings is 1. The minimum absolute atomic E-state index is 0.199. The van der Waals surface area contributed by atoms with Gasteiger partial charge in [-0.2, -0.15) is 0 Å². The van der Waals surface area contributed by atoms with Crippen LogP contribution in [0.2, 0.25) is 10.0 Å². The van der Waals surface area contributed by atoms with Gasteiger partial charge in [0.1, 0.15) is 0 Å². The number of rotatable bonds is 4. The summed E-state index contributed by atoms with van der Waals surface area (Å²) >= 11 is 13.4. The van der Waals surface area contributed by atoms with Crippen molar-refractivity contribution in [3.05, 3.63) is 93.8 Å². The number of nitrogens with zero attached hydrogens (tertiary/aromatic N) is 1. The lowest BCUT2D eigenvalue weighted by Gasteiger charge is -2.05. The van der Waals surface area contributed by atoms with Gasteiger partial charge < -0.3 is 0 Å². The maximum atomic E-state index is 12.5. The summed E-state index contributed by atoms with van der Waals surface area (Å²) in [7, 11) is 0. The fraction of sp³-hybridized carbons (Fsp3) is 0. The van der Waals surface area contributed by atoms with Crippen molar-refractivity contribution in [2.45, 2.75) is 0 Å². The van der Waals surface area contributed by atoms with Crippen LogP contribution in [0.5, 0.6) is 0 Å². The summed E-state index contributed by atoms with van der Waals surface area (Å²) in [5.41, 5.74) is 4.33. The molecule has 0 saturated heterocycles. The van der Waals surface area contributed by atoms with Crippen LogP contribution in [-0.4, -0.2) is 10.9 Å². The van der Waals surface area contributed by atoms with E-state index < -0.39 is 0 Å². The summed E-state index contributed by atoms with van der Waals surface area (Å²) < 4.78 is 0. The summed E-state index contributed by atoms with van der Waals surface area (Å²) in [4.78, 5) is 17.0. The third-order valence-electron chi connectivity index (χ3n) is 4.19. The van der Waals surface area contributed by atoms with Crippen LogP contribution in [0, 0.1) is 0 Å². The number of benzene rings is 3. The van der Waals surface area contributed by atoms with Crippen LogP contribution in [0.4, 0.5) is 5.13 Å². The Bertz CT molecular complexity index is 1130. The molecular weight excluding hydrogens is 411 g/mol. The standard InChI is InChI=1S/C22H14Cl2N2OS/c23-18-11-10-17(12-19(18)24)20-13-28-22(25-20)26-21(27)16-8-6-15(7-9-16)14-4-2-1-3-5-14/h1-13H,(H,25,26,27). The lowest BCUT2D eigenvalue weighted by Crippen LogP contribution is -2.11. The Morgan fingerprint density at radius 3 is 2.21 bits per heavy atom. The van der Waals surface area contributed by atoms with Crippen LogP contribution in [0.15, 0.2) is 78.2 Å². The van der Waals surface area contributed by atoms with Crippen LogP contribution in [0.3, 0.4) is 0 Å². The average molecular weight is 425 g/mol. The minimum atomic E-state index is -0.199. The predicted molar refractivity (Wildman–Crippen MR) is 117 cm³/mol. The number of hydrogen-bond acceptors (Lipinski definition) is 3. The Labute approximate surface area is 176 Å². The van der Waals surface area contributed by atoms with Crippen molar-refractivity contribution in [1.29, 1.82) is 0 Å². The van der Waals surface area contributed by atoms with E-state index in [1.54, 1.807) is 12.1 Å². The van der Waals surface area contributed by atoms with Crippen LogP contribution in [0.25, 0.3) is 22.4 Å². The Hall–Kier alpha value is -2.66. The highest BCUT2D eigenvalue weighted by Crippen LogP contribution is 2.30. The molecule has 0 fully saturated rings. The average Bonchev–Trinajstić information content (AvgIpc) is 3.19. The first-order chi connectivity index (χ1) is 13.6. The lowest BCUT2D eigenvalue weighted by atomic mass is 10.0. The third-order valence-corrected chi connectivity index (χ3v) is 5.69. The Balaban J connectivity index is 1.48. The van der Waals surface area contributed by atoms with Crippen molar-refractivity contribution in [2.24, 2.45) is 0 Å². The minimum Gasteiger partial charge on any atom is -0.298 e. The zero-order valence-corrected chi connectivity index (χ0v) is 16.9. The maximum Gasteiger partial charge on any atom is 0.257 e. The van der Waals surface area contributed by atoms with Crippen molar-refractivity contribution in [3.63, 3.8) is 0 Å². The van der Waals surface area contributed by atoms with Crippen molar-refractivity contribution >= 4 is 45.6 Å². The first-order valence-corrected chi connectivity index (χ1v) is 10.1. The highest BCUT2D eigenvalue weighted by molar-refractivity contribution is 7.14. The number of amides is 1. The highest BCUT2D eigenvalue weighted by atomic mass is 35.5. The van der Waals surface area contributed by atoms with Gasteiger partial charge in [0, 0.05) is 16.5 Å². The summed E-state index contributed by atoms with van der Waals surface area (Å²) in [5, 5.41) is 6.20. The maximum absolute atomic E-state index is 12.5. The van der Waals surface area contributed by atoms with Gasteiger partial charge in [0.15, 0.2) is 5.13 Å². The van der Waals surface area contributed by atoms with Crippen molar-refractivity contribution in [2.75, 3.05) is 5.32 Å². The molecule has 4 aromatic rings. The van der Waals surface area contributed by atoms with Gasteiger partial charge in [-0.3, -0.25) is 10.1 Å². The van der Waals surface area contributed by atoms with Crippen molar-refractivity contribution < 1.29 is 4.79 Å². The second-order valence-electron chi connectivity index (χ2n) is 6.06. The fourth-order valence-electron chi connectivity index (χ4n) is 2.73. The SMILES string of the molecule is O=C(Nc1nc(-c2ccc(Cl)c(Cl)c2)cs1)c1ccc(-c2ccccc2)cc1. The first-order valence-electron chi connectivity index (χ1n) is 8.48. The van der Waals surface area contributed by atoms with Crippen LogP contribution in [-0.2, 0) is 0 Å². The monoisotopic (exact) mass is 424 g/mol. The lowest BCUT2D eigenvalue weighted by molar-refractivity contribution is 0.102. The number of halogens is 2. The molecule has 0 bridgehead atoms. The van der Waals surface area contributed by atoms with Crippen LogP contribution < -0.4 is 5.32 Å². The molecule has 1 aromatic heterocycles. The molecule has 138 valence electrons. The van der Waals surface area contributed by atoms with E-state index in [1.165, 1.54) is 11.3 Å². The van der Waals surface area contributed by atoms with E-state index in [1.807, 2.05) is 66.0 Å². The Morgan fingerprint density at radius 1 is 0.821 bits per heavy atom. The predicted octanol–water partition coefficient (Wildman–Crippen LogP) is 7.04. The Morgan fingerprint density at radius 2 is 1.50 bits per heavy atom. The van der Waals surface area contributed by atoms with Gasteiger partial charge in [0.05, 0.1) is 15.7 Å². The van der Waals surface area contributed by atoms with Crippen LogP contribution >= 0.6 is 34.5 Å². The van der Waals surface area contributed by atoms with Gasteiger partial charge in [0.25, 0.3) is 5.91 Å². The van der Waals surface area contributed by atoms with E-state index in [4.69, 9.17) is 23.2 Å². The second-order valence-corrected chi connectivity index (χ2v) is 7.74. The summed E-state index contributed by atoms with van der Waals surface area (Å²) in [6.07, 6.45) is 0. The summed E-state index contributed by atoms with van der Waals surface area (Å²) in [5.74, 6) is -0.199.